The Morgan fingerprint density at radius 2 is 2.00 bits per heavy atom. The molecule has 14 heteroatoms. The van der Waals surface area contributed by atoms with E-state index in [1.54, 1.807) is 0 Å². The van der Waals surface area contributed by atoms with Gasteiger partial charge in [-0.1, -0.05) is 18.5 Å². The summed E-state index contributed by atoms with van der Waals surface area (Å²) in [6.07, 6.45) is -1.24. The van der Waals surface area contributed by atoms with Crippen molar-refractivity contribution in [3.05, 3.63) is 45.5 Å². The molecule has 2 N–H and O–H groups in total. The minimum atomic E-state index is -4.71. The third kappa shape index (κ3) is 6.74. The van der Waals surface area contributed by atoms with Crippen LogP contribution in [0.3, 0.4) is 0 Å². The van der Waals surface area contributed by atoms with Crippen molar-refractivity contribution >= 4 is 23.2 Å². The number of nitrogen functional groups attached to an aromatic ring is 1. The van der Waals surface area contributed by atoms with Crippen LogP contribution in [0.5, 0.6) is 6.01 Å². The summed E-state index contributed by atoms with van der Waals surface area (Å²) in [4.78, 5) is 16.9. The molecular formula is C28H35ClF4N6O3. The maximum atomic E-state index is 13.7. The summed E-state index contributed by atoms with van der Waals surface area (Å²) in [6, 6.07) is 1.97. The van der Waals surface area contributed by atoms with Crippen molar-refractivity contribution in [2.45, 2.75) is 57.5 Å². The van der Waals surface area contributed by atoms with Gasteiger partial charge < -0.3 is 24.8 Å². The first kappa shape index (κ1) is 30.7. The number of hydrogen-bond acceptors (Lipinski definition) is 9. The largest absolute Gasteiger partial charge is 0.467 e. The molecule has 0 aromatic carbocycles. The van der Waals surface area contributed by atoms with E-state index in [-0.39, 0.29) is 36.3 Å². The zero-order chi connectivity index (χ0) is 30.0. The van der Waals surface area contributed by atoms with Crippen LogP contribution in [0.15, 0.2) is 18.0 Å². The number of aromatic nitrogens is 3. The van der Waals surface area contributed by atoms with E-state index in [9.17, 15) is 17.6 Å². The van der Waals surface area contributed by atoms with E-state index in [0.29, 0.717) is 43.9 Å². The molecule has 6 heterocycles. The predicted molar refractivity (Wildman–Crippen MR) is 149 cm³/mol. The lowest BCUT2D eigenvalue weighted by Crippen LogP contribution is -2.32. The van der Waals surface area contributed by atoms with Crippen molar-refractivity contribution in [2.24, 2.45) is 5.92 Å². The molecule has 9 nitrogen and oxygen atoms in total. The highest BCUT2D eigenvalue weighted by Gasteiger charge is 2.41. The van der Waals surface area contributed by atoms with Gasteiger partial charge in [0.25, 0.3) is 0 Å². The summed E-state index contributed by atoms with van der Waals surface area (Å²) < 4.78 is 69.9. The van der Waals surface area contributed by atoms with Crippen LogP contribution in [0.2, 0.25) is 5.15 Å². The van der Waals surface area contributed by atoms with Gasteiger partial charge in [0, 0.05) is 43.2 Å². The third-order valence-electron chi connectivity index (χ3n) is 7.99. The first-order valence-electron chi connectivity index (χ1n) is 14.0. The van der Waals surface area contributed by atoms with E-state index < -0.39 is 23.0 Å². The Kier molecular flexibility index (Phi) is 9.41. The van der Waals surface area contributed by atoms with Crippen LogP contribution in [0.1, 0.15) is 54.7 Å². The Morgan fingerprint density at radius 1 is 1.19 bits per heavy atom. The van der Waals surface area contributed by atoms with Gasteiger partial charge in [-0.3, -0.25) is 4.90 Å². The lowest BCUT2D eigenvalue weighted by atomic mass is 9.96. The molecule has 2 aromatic heterocycles. The second-order valence-electron chi connectivity index (χ2n) is 11.1. The van der Waals surface area contributed by atoms with E-state index in [0.717, 1.165) is 36.5 Å². The van der Waals surface area contributed by atoms with E-state index in [2.05, 4.69) is 31.7 Å². The summed E-state index contributed by atoms with van der Waals surface area (Å²) in [5, 5.41) is -0.707. The van der Waals surface area contributed by atoms with E-state index in [1.807, 2.05) is 0 Å². The summed E-state index contributed by atoms with van der Waals surface area (Å²) in [5.41, 5.74) is 6.73. The quantitative estimate of drug-likeness (QED) is 0.373. The number of pyridine rings is 1. The zero-order valence-corrected chi connectivity index (χ0v) is 24.3. The molecule has 3 atom stereocenters. The fourth-order valence-electron chi connectivity index (χ4n) is 6.08. The van der Waals surface area contributed by atoms with Gasteiger partial charge in [-0.05, 0) is 43.4 Å². The van der Waals surface area contributed by atoms with Crippen molar-refractivity contribution in [3.8, 4) is 6.01 Å². The van der Waals surface area contributed by atoms with Crippen molar-refractivity contribution in [2.75, 3.05) is 57.1 Å². The number of fused-ring (bicyclic) bond motifs is 2. The second-order valence-corrected chi connectivity index (χ2v) is 11.5. The molecule has 0 radical (unpaired) electrons. The molecule has 4 aliphatic rings. The summed E-state index contributed by atoms with van der Waals surface area (Å²) in [5.74, 6) is 0.806. The number of nitrogens with two attached hydrogens (primary N) is 1. The van der Waals surface area contributed by atoms with Gasteiger partial charge in [0.15, 0.2) is 0 Å². The van der Waals surface area contributed by atoms with Gasteiger partial charge in [-0.25, -0.2) is 9.37 Å². The van der Waals surface area contributed by atoms with Gasteiger partial charge in [-0.15, -0.1) is 0 Å². The van der Waals surface area contributed by atoms with Crippen molar-refractivity contribution in [3.63, 3.8) is 0 Å². The monoisotopic (exact) mass is 614 g/mol. The molecule has 3 unspecified atom stereocenters. The van der Waals surface area contributed by atoms with Crippen LogP contribution >= 0.6 is 11.6 Å². The molecule has 0 spiro atoms. The number of rotatable bonds is 3. The number of nitrogens with zero attached hydrogens (tertiary/aromatic N) is 5. The zero-order valence-electron chi connectivity index (χ0n) is 23.6. The SMILES string of the molecule is COc1nc2c(c(N3CCOCC(C)C3)n1)COC(c1cc(N)nc(Cl)c1C(F)(F)F)C2.F/C=C1/CC2CCCN2C1. The first-order chi connectivity index (χ1) is 20.1. The molecule has 0 aliphatic carbocycles. The molecule has 3 fully saturated rings. The number of anilines is 2. The smallest absolute Gasteiger partial charge is 0.419 e. The molecule has 0 amide bonds. The van der Waals surface area contributed by atoms with Gasteiger partial charge in [0.2, 0.25) is 0 Å². The lowest BCUT2D eigenvalue weighted by Gasteiger charge is -2.31. The van der Waals surface area contributed by atoms with Gasteiger partial charge in [-0.2, -0.15) is 23.1 Å². The van der Waals surface area contributed by atoms with Gasteiger partial charge >= 0.3 is 12.2 Å². The Balaban J connectivity index is 0.000000295. The highest BCUT2D eigenvalue weighted by atomic mass is 35.5. The number of ether oxygens (including phenoxy) is 3. The minimum Gasteiger partial charge on any atom is -0.467 e. The number of alkyl halides is 3. The summed E-state index contributed by atoms with van der Waals surface area (Å²) >= 11 is 5.81. The highest BCUT2D eigenvalue weighted by Crippen LogP contribution is 2.43. The van der Waals surface area contributed by atoms with E-state index in [4.69, 9.17) is 31.5 Å². The van der Waals surface area contributed by atoms with E-state index in [1.165, 1.54) is 26.5 Å². The van der Waals surface area contributed by atoms with Crippen LogP contribution < -0.4 is 15.4 Å². The fourth-order valence-corrected chi connectivity index (χ4v) is 6.40. The number of halogens is 5. The normalized spacial score (nSPS) is 25.5. The Bertz CT molecular complexity index is 1300. The number of methoxy groups -OCH3 is 1. The molecule has 2 aromatic rings. The Hall–Kier alpha value is -2.74. The maximum Gasteiger partial charge on any atom is 0.419 e. The third-order valence-corrected chi connectivity index (χ3v) is 8.27. The topological polar surface area (TPSA) is 98.9 Å². The molecule has 4 aliphatic heterocycles. The minimum absolute atomic E-state index is 0.0300. The molecule has 0 bridgehead atoms. The average Bonchev–Trinajstić information content (AvgIpc) is 3.48. The predicted octanol–water partition coefficient (Wildman–Crippen LogP) is 5.13. The molecular weight excluding hydrogens is 580 g/mol. The van der Waals surface area contributed by atoms with Crippen molar-refractivity contribution < 1.29 is 31.8 Å². The van der Waals surface area contributed by atoms with Crippen LogP contribution in [0.4, 0.5) is 29.2 Å². The first-order valence-corrected chi connectivity index (χ1v) is 14.4. The Morgan fingerprint density at radius 3 is 2.71 bits per heavy atom. The second kappa shape index (κ2) is 12.9. The molecule has 3 saturated heterocycles. The van der Waals surface area contributed by atoms with Crippen LogP contribution in [0.25, 0.3) is 0 Å². The maximum absolute atomic E-state index is 13.7. The van der Waals surface area contributed by atoms with Crippen molar-refractivity contribution in [1.82, 2.24) is 19.9 Å². The summed E-state index contributed by atoms with van der Waals surface area (Å²) in [6.45, 7) is 6.69. The standard InChI is InChI=1S/C20H23ClF3N5O3.C8H12FN/c1-10-7-29(3-4-31-8-10)18-12-9-32-14(6-13(12)26-19(28-18)30-2)11-5-15(25)27-17(21)16(11)20(22,23)24;9-5-7-4-8-2-1-3-10(8)6-7/h5,10,14H,3-4,6-9H2,1-2H3,(H2,25,27);5,8H,1-4,6H2/b;7-5-. The molecule has 42 heavy (non-hydrogen) atoms. The van der Waals surface area contributed by atoms with Crippen LogP contribution in [-0.4, -0.2) is 72.4 Å². The number of hydrogen-bond donors (Lipinski definition) is 1. The van der Waals surface area contributed by atoms with Gasteiger partial charge in [0.05, 0.1) is 50.6 Å². The fraction of sp³-hybridized carbons (Fsp3) is 0.607. The van der Waals surface area contributed by atoms with Crippen molar-refractivity contribution in [1.29, 1.82) is 0 Å². The van der Waals surface area contributed by atoms with Gasteiger partial charge in [0.1, 0.15) is 16.8 Å². The molecule has 6 rings (SSSR count). The van der Waals surface area contributed by atoms with Crippen LogP contribution in [-0.2, 0) is 28.7 Å². The van der Waals surface area contributed by atoms with Crippen LogP contribution in [0, 0.1) is 5.92 Å². The van der Waals surface area contributed by atoms with E-state index >= 15 is 0 Å². The Labute approximate surface area is 247 Å². The lowest BCUT2D eigenvalue weighted by molar-refractivity contribution is -0.140. The molecule has 0 saturated carbocycles. The average molecular weight is 615 g/mol. The highest BCUT2D eigenvalue weighted by molar-refractivity contribution is 6.30. The molecule has 230 valence electrons. The summed E-state index contributed by atoms with van der Waals surface area (Å²) in [7, 11) is 1.45.